The summed E-state index contributed by atoms with van der Waals surface area (Å²) in [6, 6.07) is 20.0. The van der Waals surface area contributed by atoms with Crippen molar-refractivity contribution in [3.63, 3.8) is 0 Å². The van der Waals surface area contributed by atoms with Gasteiger partial charge in [-0.1, -0.05) is 62.4 Å². The summed E-state index contributed by atoms with van der Waals surface area (Å²) < 4.78 is 4.76. The molecule has 56 heavy (non-hydrogen) atoms. The number of nitrogens with zero attached hydrogens (tertiary/aromatic N) is 4. The number of fused-ring (bicyclic) bond motifs is 2. The molecule has 3 unspecified atom stereocenters. The molecule has 4 N–H and O–H groups in total. The molecule has 1 aliphatic heterocycles. The van der Waals surface area contributed by atoms with E-state index in [2.05, 4.69) is 79.1 Å². The summed E-state index contributed by atoms with van der Waals surface area (Å²) in [7, 11) is 1.30. The highest BCUT2D eigenvalue weighted by atomic mass is 16.5. The predicted octanol–water partition coefficient (Wildman–Crippen LogP) is 7.06. The lowest BCUT2D eigenvalue weighted by Crippen LogP contribution is -2.51. The Bertz CT molecular complexity index is 2150. The van der Waals surface area contributed by atoms with E-state index in [0.29, 0.717) is 24.9 Å². The second-order valence-electron chi connectivity index (χ2n) is 15.8. The van der Waals surface area contributed by atoms with Gasteiger partial charge in [0.15, 0.2) is 0 Å². The molecule has 3 amide bonds. The number of carbonyl (C=O) groups excluding carboxylic acids is 3. The van der Waals surface area contributed by atoms with Crippen LogP contribution in [0.2, 0.25) is 0 Å². The third-order valence-corrected chi connectivity index (χ3v) is 12.2. The Balaban J connectivity index is 0.906. The van der Waals surface area contributed by atoms with E-state index in [1.54, 1.807) is 12.4 Å². The smallest absolute Gasteiger partial charge is 0.407 e. The van der Waals surface area contributed by atoms with E-state index in [0.717, 1.165) is 83.8 Å². The van der Waals surface area contributed by atoms with Crippen molar-refractivity contribution in [3.05, 3.63) is 103 Å². The van der Waals surface area contributed by atoms with Crippen molar-refractivity contribution >= 4 is 17.9 Å². The monoisotopic (exact) mass is 754 g/mol. The maximum atomic E-state index is 13.5. The first-order chi connectivity index (χ1) is 27.3. The molecule has 6 atom stereocenters. The molecular weight excluding hydrogens is 705 g/mol. The van der Waals surface area contributed by atoms with Crippen molar-refractivity contribution in [2.24, 2.45) is 23.7 Å². The molecule has 5 aromatic rings. The Morgan fingerprint density at radius 2 is 1.43 bits per heavy atom. The third-order valence-electron chi connectivity index (χ3n) is 12.2. The number of methoxy groups -OCH3 is 1. The third kappa shape index (κ3) is 7.56. The Hall–Kier alpha value is -5.78. The van der Waals surface area contributed by atoms with Crippen LogP contribution in [0.1, 0.15) is 75.1 Å². The average molecular weight is 755 g/mol. The van der Waals surface area contributed by atoms with E-state index in [-0.39, 0.29) is 35.6 Å². The highest BCUT2D eigenvalue weighted by Gasteiger charge is 2.52. The van der Waals surface area contributed by atoms with E-state index >= 15 is 0 Å². The standard InChI is InChI=1S/C44H50N8O4/c1-26(2)39(51-44(55)56-3)43(54)52-22-4-5-36(52)40-47-24-34(49-40)30-10-6-28(7-11-30)29-8-12-31(13-9-29)35-25-48-41(50-35)37-32-14-15-33(23-32)38(37)42(53)46-21-18-27-16-19-45-20-17-27/h6-13,16-17,19-20,24-26,32-33,36-39H,4-5,14-15,18,21-23H2,1-3H3,(H,46,53)(H,47,49)(H,48,50)(H,51,55)/t32?,33?,36-,37?,38-,39-/m0/s1. The van der Waals surface area contributed by atoms with Crippen LogP contribution < -0.4 is 10.6 Å². The van der Waals surface area contributed by atoms with Crippen LogP contribution in [-0.2, 0) is 20.7 Å². The first-order valence-electron chi connectivity index (χ1n) is 19.9. The summed E-state index contributed by atoms with van der Waals surface area (Å²) in [6.07, 6.45) is 12.5. The number of imidazole rings is 2. The van der Waals surface area contributed by atoms with E-state index < -0.39 is 12.1 Å². The largest absolute Gasteiger partial charge is 0.453 e. The number of rotatable bonds is 12. The zero-order chi connectivity index (χ0) is 38.8. The molecule has 3 fully saturated rings. The lowest BCUT2D eigenvalue weighted by atomic mass is 9.78. The fourth-order valence-electron chi connectivity index (χ4n) is 9.24. The fraction of sp³-hybridized carbons (Fsp3) is 0.409. The normalized spacial score (nSPS) is 22.0. The molecule has 12 heteroatoms. The number of carbonyl (C=O) groups is 3. The van der Waals surface area contributed by atoms with Crippen LogP contribution in [-0.4, -0.2) is 74.0 Å². The molecule has 8 rings (SSSR count). The molecular formula is C44H50N8O4. The van der Waals surface area contributed by atoms with Gasteiger partial charge >= 0.3 is 6.09 Å². The lowest BCUT2D eigenvalue weighted by molar-refractivity contribution is -0.135. The van der Waals surface area contributed by atoms with Gasteiger partial charge in [0, 0.05) is 31.4 Å². The number of hydrogen-bond donors (Lipinski definition) is 4. The number of aromatic nitrogens is 5. The molecule has 2 aliphatic carbocycles. The number of amides is 3. The lowest BCUT2D eigenvalue weighted by Gasteiger charge is -2.30. The Morgan fingerprint density at radius 1 is 0.821 bits per heavy atom. The van der Waals surface area contributed by atoms with Crippen LogP contribution in [0.25, 0.3) is 33.6 Å². The SMILES string of the molecule is COC(=O)N[C@H](C(=O)N1CCC[C@H]1c1ncc(-c2ccc(-c3ccc(-c4cnc(C5C6CCC(C6)[C@@H]5C(=O)NCCc5ccncc5)[nH]4)cc3)cc2)[nH]1)C(C)C. The number of pyridine rings is 1. The predicted molar refractivity (Wildman–Crippen MR) is 213 cm³/mol. The maximum Gasteiger partial charge on any atom is 0.407 e. The fourth-order valence-corrected chi connectivity index (χ4v) is 9.24. The highest BCUT2D eigenvalue weighted by Crippen LogP contribution is 2.56. The minimum absolute atomic E-state index is 0.0511. The van der Waals surface area contributed by atoms with Crippen molar-refractivity contribution in [3.8, 4) is 33.6 Å². The molecule has 0 radical (unpaired) electrons. The molecule has 1 saturated heterocycles. The number of alkyl carbamates (subject to hydrolysis) is 1. The van der Waals surface area contributed by atoms with Gasteiger partial charge in [0.1, 0.15) is 17.7 Å². The van der Waals surface area contributed by atoms with Gasteiger partial charge in [-0.3, -0.25) is 14.6 Å². The zero-order valence-electron chi connectivity index (χ0n) is 32.2. The van der Waals surface area contributed by atoms with Crippen LogP contribution in [0, 0.1) is 23.7 Å². The maximum absolute atomic E-state index is 13.5. The van der Waals surface area contributed by atoms with E-state index in [4.69, 9.17) is 9.72 Å². The van der Waals surface area contributed by atoms with Crippen molar-refractivity contribution in [2.45, 2.75) is 70.4 Å². The molecule has 0 spiro atoms. The van der Waals surface area contributed by atoms with Gasteiger partial charge in [0.05, 0.1) is 42.9 Å². The summed E-state index contributed by atoms with van der Waals surface area (Å²) in [5.74, 6) is 2.54. The highest BCUT2D eigenvalue weighted by molar-refractivity contribution is 5.86. The first kappa shape index (κ1) is 37.2. The van der Waals surface area contributed by atoms with E-state index in [9.17, 15) is 14.4 Å². The molecule has 3 aliphatic rings. The van der Waals surface area contributed by atoms with Crippen LogP contribution >= 0.6 is 0 Å². The molecule has 2 aromatic carbocycles. The minimum Gasteiger partial charge on any atom is -0.453 e. The van der Waals surface area contributed by atoms with Gasteiger partial charge in [0.2, 0.25) is 11.8 Å². The van der Waals surface area contributed by atoms with Gasteiger partial charge in [-0.15, -0.1) is 0 Å². The quantitative estimate of drug-likeness (QED) is 0.106. The van der Waals surface area contributed by atoms with Crippen LogP contribution in [0.15, 0.2) is 85.5 Å². The van der Waals surface area contributed by atoms with E-state index in [1.165, 1.54) is 12.7 Å². The van der Waals surface area contributed by atoms with Crippen LogP contribution in [0.3, 0.4) is 0 Å². The van der Waals surface area contributed by atoms with Gasteiger partial charge in [-0.2, -0.15) is 0 Å². The minimum atomic E-state index is -0.676. The number of aromatic amines is 2. The van der Waals surface area contributed by atoms with Gasteiger partial charge in [-0.25, -0.2) is 14.8 Å². The number of hydrogen-bond acceptors (Lipinski definition) is 7. The van der Waals surface area contributed by atoms with Gasteiger partial charge < -0.3 is 30.2 Å². The second-order valence-corrected chi connectivity index (χ2v) is 15.8. The first-order valence-corrected chi connectivity index (χ1v) is 19.9. The van der Waals surface area contributed by atoms with Crippen molar-refractivity contribution in [1.29, 1.82) is 0 Å². The summed E-state index contributed by atoms with van der Waals surface area (Å²) in [5, 5.41) is 5.93. The molecule has 2 saturated carbocycles. The number of ether oxygens (including phenoxy) is 1. The number of likely N-dealkylation sites (tertiary alicyclic amines) is 1. The van der Waals surface area contributed by atoms with Gasteiger partial charge in [0.25, 0.3) is 0 Å². The molecule has 3 aromatic heterocycles. The number of nitrogens with one attached hydrogen (secondary N) is 4. The number of H-pyrrole nitrogens is 2. The van der Waals surface area contributed by atoms with Crippen molar-refractivity contribution in [2.75, 3.05) is 20.2 Å². The van der Waals surface area contributed by atoms with Crippen LogP contribution in [0.5, 0.6) is 0 Å². The van der Waals surface area contributed by atoms with Crippen molar-refractivity contribution < 1.29 is 19.1 Å². The summed E-state index contributed by atoms with van der Waals surface area (Å²) in [5.41, 5.74) is 7.25. The molecule has 290 valence electrons. The molecule has 4 heterocycles. The topological polar surface area (TPSA) is 158 Å². The zero-order valence-corrected chi connectivity index (χ0v) is 32.2. The summed E-state index contributed by atoms with van der Waals surface area (Å²) in [6.45, 7) is 5.05. The second kappa shape index (κ2) is 16.1. The summed E-state index contributed by atoms with van der Waals surface area (Å²) >= 11 is 0. The molecule has 12 nitrogen and oxygen atoms in total. The van der Waals surface area contributed by atoms with Crippen molar-refractivity contribution in [1.82, 2.24) is 40.5 Å². The number of benzene rings is 2. The summed E-state index contributed by atoms with van der Waals surface area (Å²) in [4.78, 5) is 61.5. The Labute approximate surface area is 327 Å². The average Bonchev–Trinajstić information content (AvgIpc) is 4.09. The van der Waals surface area contributed by atoms with Gasteiger partial charge in [-0.05, 0) is 96.2 Å². The Kier molecular flexibility index (Phi) is 10.7. The van der Waals surface area contributed by atoms with E-state index in [1.807, 2.05) is 43.3 Å². The van der Waals surface area contributed by atoms with Crippen LogP contribution in [0.4, 0.5) is 4.79 Å². The molecule has 2 bridgehead atoms. The Morgan fingerprint density at radius 3 is 2.07 bits per heavy atom.